The van der Waals surface area contributed by atoms with E-state index in [4.69, 9.17) is 9.47 Å². The Bertz CT molecular complexity index is 365. The average molecular weight is 322 g/mol. The molecule has 0 aliphatic rings. The van der Waals surface area contributed by atoms with Crippen molar-refractivity contribution in [3.63, 3.8) is 0 Å². The van der Waals surface area contributed by atoms with Gasteiger partial charge in [0.05, 0.1) is 6.61 Å². The Morgan fingerprint density at radius 2 is 2.28 bits per heavy atom. The molecule has 1 atom stereocenters. The number of halogens is 2. The van der Waals surface area contributed by atoms with E-state index in [0.29, 0.717) is 24.2 Å². The summed E-state index contributed by atoms with van der Waals surface area (Å²) in [6.07, 6.45) is -0.690. The van der Waals surface area contributed by atoms with Crippen molar-refractivity contribution in [3.05, 3.63) is 28.5 Å². The maximum atomic E-state index is 13.4. The third-order valence-corrected chi connectivity index (χ3v) is 2.68. The summed E-state index contributed by atoms with van der Waals surface area (Å²) < 4.78 is 24.1. The number of rotatable bonds is 8. The Morgan fingerprint density at radius 1 is 1.50 bits per heavy atom. The maximum absolute atomic E-state index is 13.4. The number of aliphatic hydroxyl groups is 1. The molecule has 0 aliphatic carbocycles. The van der Waals surface area contributed by atoms with Crippen molar-refractivity contribution in [1.82, 2.24) is 5.32 Å². The summed E-state index contributed by atoms with van der Waals surface area (Å²) in [6.45, 7) is 1.65. The highest BCUT2D eigenvalue weighted by Gasteiger charge is 2.08. The molecule has 0 saturated heterocycles. The molecule has 6 heteroatoms. The van der Waals surface area contributed by atoms with Crippen LogP contribution >= 0.6 is 15.9 Å². The summed E-state index contributed by atoms with van der Waals surface area (Å²) in [5, 5.41) is 12.6. The van der Waals surface area contributed by atoms with Gasteiger partial charge in [0.15, 0.2) is 11.6 Å². The standard InChI is InChI=1S/C12H17BrFNO3/c1-17-5-4-15-7-10(16)8-18-12-3-2-9(13)6-11(12)14/h2-3,6,10,15-16H,4-5,7-8H2,1H3. The SMILES string of the molecule is COCCNCC(O)COc1ccc(Br)cc1F. The summed E-state index contributed by atoms with van der Waals surface area (Å²) >= 11 is 3.16. The fourth-order valence-electron chi connectivity index (χ4n) is 1.28. The quantitative estimate of drug-likeness (QED) is 0.714. The molecule has 0 amide bonds. The highest BCUT2D eigenvalue weighted by molar-refractivity contribution is 9.10. The number of hydrogen-bond acceptors (Lipinski definition) is 4. The molecule has 1 rings (SSSR count). The molecule has 2 N–H and O–H groups in total. The van der Waals surface area contributed by atoms with E-state index in [0.717, 1.165) is 0 Å². The van der Waals surface area contributed by atoms with Crippen LogP contribution in [0, 0.1) is 5.82 Å². The first kappa shape index (κ1) is 15.4. The molecule has 1 unspecified atom stereocenters. The molecule has 1 aromatic rings. The minimum atomic E-state index is -0.690. The van der Waals surface area contributed by atoms with E-state index < -0.39 is 11.9 Å². The Hall–Kier alpha value is -0.690. The minimum absolute atomic E-state index is 0.0402. The topological polar surface area (TPSA) is 50.7 Å². The first-order valence-corrected chi connectivity index (χ1v) is 6.38. The third-order valence-electron chi connectivity index (χ3n) is 2.19. The van der Waals surface area contributed by atoms with Crippen LogP contribution in [-0.2, 0) is 4.74 Å². The second-order valence-electron chi connectivity index (χ2n) is 3.74. The van der Waals surface area contributed by atoms with E-state index in [1.54, 1.807) is 13.2 Å². The molecule has 0 aliphatic heterocycles. The van der Waals surface area contributed by atoms with E-state index in [1.165, 1.54) is 12.1 Å². The summed E-state index contributed by atoms with van der Waals surface area (Å²) in [7, 11) is 1.61. The Balaban J connectivity index is 2.27. The largest absolute Gasteiger partial charge is 0.488 e. The number of hydrogen-bond donors (Lipinski definition) is 2. The van der Waals surface area contributed by atoms with E-state index >= 15 is 0 Å². The van der Waals surface area contributed by atoms with E-state index in [1.807, 2.05) is 0 Å². The van der Waals surface area contributed by atoms with Crippen LogP contribution in [0.5, 0.6) is 5.75 Å². The summed E-state index contributed by atoms with van der Waals surface area (Å²) in [5.74, 6) is -0.321. The molecule has 0 bridgehead atoms. The smallest absolute Gasteiger partial charge is 0.166 e. The second kappa shape index (κ2) is 8.42. The lowest BCUT2D eigenvalue weighted by atomic mass is 10.3. The first-order valence-electron chi connectivity index (χ1n) is 5.59. The average Bonchev–Trinajstić information content (AvgIpc) is 2.33. The van der Waals surface area contributed by atoms with Crippen LogP contribution in [0.1, 0.15) is 0 Å². The highest BCUT2D eigenvalue weighted by Crippen LogP contribution is 2.21. The molecule has 18 heavy (non-hydrogen) atoms. The van der Waals surface area contributed by atoms with Crippen LogP contribution in [0.25, 0.3) is 0 Å². The molecule has 102 valence electrons. The van der Waals surface area contributed by atoms with Gasteiger partial charge in [0.25, 0.3) is 0 Å². The highest BCUT2D eigenvalue weighted by atomic mass is 79.9. The van der Waals surface area contributed by atoms with Crippen LogP contribution in [0.2, 0.25) is 0 Å². The Labute approximate surface area is 114 Å². The number of methoxy groups -OCH3 is 1. The zero-order valence-corrected chi connectivity index (χ0v) is 11.7. The van der Waals surface area contributed by atoms with E-state index in [-0.39, 0.29) is 12.4 Å². The number of ether oxygens (including phenoxy) is 2. The second-order valence-corrected chi connectivity index (χ2v) is 4.65. The molecule has 1 aromatic carbocycles. The fourth-order valence-corrected chi connectivity index (χ4v) is 1.61. The number of nitrogens with one attached hydrogen (secondary N) is 1. The van der Waals surface area contributed by atoms with Gasteiger partial charge in [-0.25, -0.2) is 4.39 Å². The van der Waals surface area contributed by atoms with Gasteiger partial charge in [-0.1, -0.05) is 15.9 Å². The minimum Gasteiger partial charge on any atom is -0.488 e. The maximum Gasteiger partial charge on any atom is 0.166 e. The summed E-state index contributed by atoms with van der Waals surface area (Å²) in [5.41, 5.74) is 0. The van der Waals surface area contributed by atoms with Gasteiger partial charge in [-0.05, 0) is 18.2 Å². The van der Waals surface area contributed by atoms with Crippen molar-refractivity contribution in [2.24, 2.45) is 0 Å². The molecular formula is C12H17BrFNO3. The van der Waals surface area contributed by atoms with E-state index in [2.05, 4.69) is 21.2 Å². The Kier molecular flexibility index (Phi) is 7.19. The predicted molar refractivity (Wildman–Crippen MR) is 70.3 cm³/mol. The molecule has 0 fully saturated rings. The van der Waals surface area contributed by atoms with Gasteiger partial charge in [0, 0.05) is 24.7 Å². The van der Waals surface area contributed by atoms with Crippen molar-refractivity contribution < 1.29 is 19.0 Å². The van der Waals surface area contributed by atoms with Crippen LogP contribution in [0.15, 0.2) is 22.7 Å². The van der Waals surface area contributed by atoms with Crippen molar-refractivity contribution in [2.45, 2.75) is 6.10 Å². The van der Waals surface area contributed by atoms with Gasteiger partial charge in [0.1, 0.15) is 12.7 Å². The lowest BCUT2D eigenvalue weighted by Crippen LogP contribution is -2.33. The summed E-state index contributed by atoms with van der Waals surface area (Å²) in [6, 6.07) is 4.52. The molecule has 0 radical (unpaired) electrons. The van der Waals surface area contributed by atoms with Crippen LogP contribution in [0.4, 0.5) is 4.39 Å². The number of benzene rings is 1. The van der Waals surface area contributed by atoms with Gasteiger partial charge in [-0.3, -0.25) is 0 Å². The van der Waals surface area contributed by atoms with Gasteiger partial charge < -0.3 is 19.9 Å². The number of aliphatic hydroxyl groups excluding tert-OH is 1. The van der Waals surface area contributed by atoms with Crippen molar-refractivity contribution in [2.75, 3.05) is 33.4 Å². The van der Waals surface area contributed by atoms with E-state index in [9.17, 15) is 9.50 Å². The van der Waals surface area contributed by atoms with Gasteiger partial charge in [0.2, 0.25) is 0 Å². The zero-order valence-electron chi connectivity index (χ0n) is 10.2. The van der Waals surface area contributed by atoms with Crippen LogP contribution in [-0.4, -0.2) is 44.6 Å². The van der Waals surface area contributed by atoms with Crippen LogP contribution in [0.3, 0.4) is 0 Å². The van der Waals surface area contributed by atoms with Crippen molar-refractivity contribution in [3.8, 4) is 5.75 Å². The van der Waals surface area contributed by atoms with Gasteiger partial charge in [-0.15, -0.1) is 0 Å². The molecule has 0 spiro atoms. The Morgan fingerprint density at radius 3 is 2.94 bits per heavy atom. The fraction of sp³-hybridized carbons (Fsp3) is 0.500. The van der Waals surface area contributed by atoms with Crippen LogP contribution < -0.4 is 10.1 Å². The van der Waals surface area contributed by atoms with Crippen molar-refractivity contribution >= 4 is 15.9 Å². The molecule has 0 saturated carbocycles. The van der Waals surface area contributed by atoms with Crippen molar-refractivity contribution in [1.29, 1.82) is 0 Å². The molecule has 0 heterocycles. The predicted octanol–water partition coefficient (Wildman–Crippen LogP) is 1.56. The van der Waals surface area contributed by atoms with Gasteiger partial charge >= 0.3 is 0 Å². The molecule has 4 nitrogen and oxygen atoms in total. The normalized spacial score (nSPS) is 12.4. The molecular weight excluding hydrogens is 305 g/mol. The lowest BCUT2D eigenvalue weighted by molar-refractivity contribution is 0.101. The first-order chi connectivity index (χ1) is 8.63. The zero-order chi connectivity index (χ0) is 13.4. The molecule has 0 aromatic heterocycles. The monoisotopic (exact) mass is 321 g/mol. The third kappa shape index (κ3) is 5.77. The summed E-state index contributed by atoms with van der Waals surface area (Å²) in [4.78, 5) is 0. The van der Waals surface area contributed by atoms with Gasteiger partial charge in [-0.2, -0.15) is 0 Å². The lowest BCUT2D eigenvalue weighted by Gasteiger charge is -2.13.